The Morgan fingerprint density at radius 1 is 0.583 bits per heavy atom. The molecule has 10 rings (SSSR count). The minimum absolute atomic E-state index is 0.0324. The fourth-order valence-electron chi connectivity index (χ4n) is 13.7. The van der Waals surface area contributed by atoms with Crippen LogP contribution in [-0.2, 0) is 51.7 Å². The van der Waals surface area contributed by atoms with Crippen molar-refractivity contribution in [2.24, 2.45) is 10.8 Å². The largest absolute Gasteiger partial charge is 0.496 e. The summed E-state index contributed by atoms with van der Waals surface area (Å²) in [5.41, 5.74) is 5.80. The van der Waals surface area contributed by atoms with Gasteiger partial charge in [0.25, 0.3) is 0 Å². The molecule has 20 nitrogen and oxygen atoms in total. The predicted molar refractivity (Wildman–Crippen MR) is 362 cm³/mol. The van der Waals surface area contributed by atoms with Gasteiger partial charge >= 0.3 is 24.1 Å². The molecule has 2 aliphatic carbocycles. The number of likely N-dealkylation sites (tertiary alicyclic amines) is 2. The average Bonchev–Trinajstić information content (AvgIpc) is 0.790. The van der Waals surface area contributed by atoms with E-state index in [0.717, 1.165) is 82.0 Å². The Kier molecular flexibility index (Phi) is 22.4. The second-order valence-corrected chi connectivity index (χ2v) is 32.7. The number of nitrogens with one attached hydrogen (secondary N) is 2. The molecule has 2 aliphatic heterocycles. The van der Waals surface area contributed by atoms with Crippen LogP contribution in [0.25, 0.3) is 21.8 Å². The SMILES string of the molecule is COC(=O)c1ccc(C2CC3(CCN2Cc2c(OC)cc(C)c4c2ccn4C(=O)OC(C)(C)C)CC(F)(F)C3)c(NCCS(C)(=O)=O)c1.COC(=O)c1cccc(NCCS(C)(=O)=O)c1.COc1cc(C)c2c(ccn2C(=O)OC(C)(C)C)c1CN1CCC2(CC1)CC(F)(F)C2. The highest BCUT2D eigenvalue weighted by atomic mass is 32.2. The van der Waals surface area contributed by atoms with E-state index >= 15 is 0 Å². The number of fused-ring (bicyclic) bond motifs is 2. The molecule has 4 aliphatic rings. The minimum Gasteiger partial charge on any atom is -0.496 e. The molecule has 4 aromatic carbocycles. The number of benzene rings is 4. The summed E-state index contributed by atoms with van der Waals surface area (Å²) in [6, 6.07) is 19.0. The number of sulfone groups is 2. The zero-order chi connectivity index (χ0) is 70.7. The first-order chi connectivity index (χ1) is 44.7. The molecule has 2 saturated heterocycles. The number of ether oxygens (including phenoxy) is 6. The van der Waals surface area contributed by atoms with Crippen LogP contribution in [0, 0.1) is 24.7 Å². The Morgan fingerprint density at radius 3 is 1.50 bits per heavy atom. The molecule has 96 heavy (non-hydrogen) atoms. The number of alkyl halides is 4. The molecular weight excluding hydrogens is 1290 g/mol. The Bertz CT molecular complexity index is 4070. The van der Waals surface area contributed by atoms with Gasteiger partial charge in [0.1, 0.15) is 42.4 Å². The van der Waals surface area contributed by atoms with Crippen molar-refractivity contribution < 1.29 is 82.0 Å². The van der Waals surface area contributed by atoms with Crippen molar-refractivity contribution in [3.05, 3.63) is 118 Å². The number of aromatic nitrogens is 2. The van der Waals surface area contributed by atoms with E-state index in [1.807, 2.05) is 58.9 Å². The summed E-state index contributed by atoms with van der Waals surface area (Å²) >= 11 is 0. The van der Waals surface area contributed by atoms with Crippen LogP contribution >= 0.6 is 0 Å². The summed E-state index contributed by atoms with van der Waals surface area (Å²) in [6.07, 6.45) is 7.14. The number of carbonyl (C=O) groups excluding carboxylic acids is 4. The molecule has 526 valence electrons. The van der Waals surface area contributed by atoms with Crippen LogP contribution in [0.3, 0.4) is 0 Å². The number of aryl methyl sites for hydroxylation is 2. The molecule has 2 spiro atoms. The summed E-state index contributed by atoms with van der Waals surface area (Å²) in [4.78, 5) is 54.2. The van der Waals surface area contributed by atoms with Crippen LogP contribution in [0.4, 0.5) is 38.5 Å². The van der Waals surface area contributed by atoms with E-state index in [9.17, 15) is 53.6 Å². The summed E-state index contributed by atoms with van der Waals surface area (Å²) in [7, 11) is -0.436. The second kappa shape index (κ2) is 29.0. The van der Waals surface area contributed by atoms with Gasteiger partial charge in [0.05, 0.1) is 62.1 Å². The van der Waals surface area contributed by atoms with Crippen LogP contribution in [0.15, 0.2) is 79.1 Å². The second-order valence-electron chi connectivity index (χ2n) is 28.2. The third-order valence-electron chi connectivity index (χ3n) is 18.0. The van der Waals surface area contributed by atoms with Gasteiger partial charge in [0.15, 0.2) is 0 Å². The van der Waals surface area contributed by atoms with E-state index in [1.165, 1.54) is 25.0 Å². The molecule has 6 aromatic rings. The number of carbonyl (C=O) groups is 4. The zero-order valence-corrected chi connectivity index (χ0v) is 59.1. The third kappa shape index (κ3) is 18.6. The maximum atomic E-state index is 14.4. The van der Waals surface area contributed by atoms with Gasteiger partial charge < -0.3 is 39.1 Å². The average molecular weight is 1380 g/mol. The van der Waals surface area contributed by atoms with E-state index in [4.69, 9.17) is 23.7 Å². The van der Waals surface area contributed by atoms with Crippen molar-refractivity contribution in [3.8, 4) is 11.5 Å². The lowest BCUT2D eigenvalue weighted by molar-refractivity contribution is -0.186. The van der Waals surface area contributed by atoms with E-state index in [0.29, 0.717) is 67.2 Å². The van der Waals surface area contributed by atoms with E-state index in [-0.39, 0.29) is 60.8 Å². The van der Waals surface area contributed by atoms with Gasteiger partial charge in [-0.1, -0.05) is 12.1 Å². The monoisotopic (exact) mass is 1380 g/mol. The molecule has 2 saturated carbocycles. The highest BCUT2D eigenvalue weighted by molar-refractivity contribution is 7.90. The van der Waals surface area contributed by atoms with Gasteiger partial charge in [-0.2, -0.15) is 0 Å². The topological polar surface area (TPSA) is 232 Å². The highest BCUT2D eigenvalue weighted by Gasteiger charge is 2.59. The Labute approximate surface area is 560 Å². The molecule has 1 atom stereocenters. The fourth-order valence-corrected chi connectivity index (χ4v) is 14.6. The van der Waals surface area contributed by atoms with Crippen LogP contribution in [0.5, 0.6) is 11.5 Å². The molecule has 1 unspecified atom stereocenters. The smallest absolute Gasteiger partial charge is 0.419 e. The van der Waals surface area contributed by atoms with Crippen molar-refractivity contribution in [1.29, 1.82) is 0 Å². The number of nitrogens with zero attached hydrogens (tertiary/aromatic N) is 4. The van der Waals surface area contributed by atoms with Gasteiger partial charge in [-0.3, -0.25) is 18.9 Å². The van der Waals surface area contributed by atoms with Gasteiger partial charge in [-0.05, 0) is 183 Å². The lowest BCUT2D eigenvalue weighted by Gasteiger charge is -2.55. The summed E-state index contributed by atoms with van der Waals surface area (Å²) in [5, 5.41) is 7.90. The number of esters is 2. The summed E-state index contributed by atoms with van der Waals surface area (Å²) in [6.45, 7) is 18.3. The lowest BCUT2D eigenvalue weighted by Crippen LogP contribution is -2.53. The quantitative estimate of drug-likeness (QED) is 0.0491. The van der Waals surface area contributed by atoms with Crippen LogP contribution in [-0.4, -0.2) is 168 Å². The number of hydrogen-bond acceptors (Lipinski definition) is 18. The maximum absolute atomic E-state index is 14.4. The molecule has 0 amide bonds. The first-order valence-electron chi connectivity index (χ1n) is 32.0. The highest BCUT2D eigenvalue weighted by Crippen LogP contribution is 2.61. The standard InChI is InChI=1S/C35H45F2N3O7S.C24H32F2N2O3.C11H15NO4S/c1-22-16-29(45-5)26(24-10-13-40(30(22)24)32(42)47-33(2,3)4)19-39-14-11-34(20-35(36,37)21-34)18-28(39)25-9-8-23(31(41)46-6)17-27(25)38-12-15-48(7,43)44;1-16-12-19(30-5)18(13-27-10-7-23(8-11-27)14-24(25,26)15-23)17-6-9-28(20(16)17)21(29)31-22(2,3)4;1-16-11(13)9-4-3-5-10(8-9)12-6-7-17(2,14)15/h8-10,13,16-17,28,38H,11-12,14-15,18-21H2,1-7H3;6,9,12H,7-8,10-11,13-15H2,1-5H3;3-5,8,12H,6-7H2,1-2H3. The van der Waals surface area contributed by atoms with Gasteiger partial charge in [-0.25, -0.2) is 53.6 Å². The molecule has 0 radical (unpaired) electrons. The van der Waals surface area contributed by atoms with Gasteiger partial charge in [-0.15, -0.1) is 0 Å². The summed E-state index contributed by atoms with van der Waals surface area (Å²) in [5.74, 6) is -4.83. The normalized spacial score (nSPS) is 18.2. The van der Waals surface area contributed by atoms with Crippen LogP contribution in [0.1, 0.15) is 147 Å². The predicted octanol–water partition coefficient (Wildman–Crippen LogP) is 13.4. The van der Waals surface area contributed by atoms with Crippen molar-refractivity contribution in [3.63, 3.8) is 0 Å². The van der Waals surface area contributed by atoms with E-state index in [1.54, 1.807) is 94.4 Å². The maximum Gasteiger partial charge on any atom is 0.419 e. The van der Waals surface area contributed by atoms with Crippen molar-refractivity contribution in [2.75, 3.05) is 95.8 Å². The van der Waals surface area contributed by atoms with Crippen molar-refractivity contribution >= 4 is 77.0 Å². The number of methoxy groups -OCH3 is 4. The zero-order valence-electron chi connectivity index (χ0n) is 57.4. The third-order valence-corrected chi connectivity index (χ3v) is 19.9. The first kappa shape index (κ1) is 74.4. The fraction of sp³-hybridized carbons (Fsp3) is 0.543. The number of hydrogen-bond donors (Lipinski definition) is 2. The molecule has 4 heterocycles. The van der Waals surface area contributed by atoms with E-state index in [2.05, 4.69) is 25.2 Å². The number of rotatable bonds is 17. The molecule has 0 bridgehead atoms. The number of piperidine rings is 2. The van der Waals surface area contributed by atoms with Crippen molar-refractivity contribution in [2.45, 2.75) is 149 Å². The molecule has 4 fully saturated rings. The van der Waals surface area contributed by atoms with Crippen LogP contribution in [0.2, 0.25) is 0 Å². The van der Waals surface area contributed by atoms with E-state index < -0.39 is 72.3 Å². The molecule has 2 aromatic heterocycles. The summed E-state index contributed by atoms with van der Waals surface area (Å²) < 4.78 is 137. The molecule has 26 heteroatoms. The Balaban J connectivity index is 0.000000208. The lowest BCUT2D eigenvalue weighted by atomic mass is 9.58. The molecular formula is C70H92F4N6O14S2. The number of anilines is 2. The minimum atomic E-state index is -3.28. The number of halogens is 4. The molecule has 2 N–H and O–H groups in total. The Hall–Kier alpha value is -7.42. The van der Waals surface area contributed by atoms with Crippen LogP contribution < -0.4 is 20.1 Å². The first-order valence-corrected chi connectivity index (χ1v) is 36.1. The van der Waals surface area contributed by atoms with Crippen molar-refractivity contribution in [1.82, 2.24) is 18.9 Å². The Morgan fingerprint density at radius 2 is 1.04 bits per heavy atom. The van der Waals surface area contributed by atoms with Gasteiger partial charge in [0, 0.05) is 116 Å². The van der Waals surface area contributed by atoms with Gasteiger partial charge in [0.2, 0.25) is 11.8 Å².